The average molecular weight is 352 g/mol. The third kappa shape index (κ3) is 2.70. The number of amides is 2. The van der Waals surface area contributed by atoms with Gasteiger partial charge in [0.25, 0.3) is 5.91 Å². The van der Waals surface area contributed by atoms with Crippen molar-refractivity contribution in [2.24, 2.45) is 5.73 Å². The van der Waals surface area contributed by atoms with Crippen LogP contribution in [0, 0.1) is 0 Å². The van der Waals surface area contributed by atoms with E-state index in [0.717, 1.165) is 0 Å². The Labute approximate surface area is 148 Å². The van der Waals surface area contributed by atoms with Crippen molar-refractivity contribution < 1.29 is 9.59 Å². The Hall–Kier alpha value is -3.56. The summed E-state index contributed by atoms with van der Waals surface area (Å²) in [4.78, 5) is 33.9. The zero-order chi connectivity index (χ0) is 18.3. The molecule has 4 rings (SSSR count). The van der Waals surface area contributed by atoms with Crippen LogP contribution in [-0.4, -0.2) is 59.8 Å². The lowest BCUT2D eigenvalue weighted by molar-refractivity contribution is -0.117. The summed E-state index contributed by atoms with van der Waals surface area (Å²) in [5.41, 5.74) is 6.23. The summed E-state index contributed by atoms with van der Waals surface area (Å²) in [6.07, 6.45) is 1.54. The molecule has 10 heteroatoms. The van der Waals surface area contributed by atoms with Crippen LogP contribution in [0.2, 0.25) is 0 Å². The van der Waals surface area contributed by atoms with Gasteiger partial charge in [0.15, 0.2) is 17.5 Å². The highest BCUT2D eigenvalue weighted by Crippen LogP contribution is 2.22. The lowest BCUT2D eigenvalue weighted by Crippen LogP contribution is -2.37. The molecule has 0 aliphatic carbocycles. The van der Waals surface area contributed by atoms with Gasteiger partial charge in [-0.1, -0.05) is 6.07 Å². The zero-order valence-corrected chi connectivity index (χ0v) is 14.0. The molecule has 0 saturated carbocycles. The number of likely N-dealkylation sites (N-methyl/N-ethyl adjacent to an activating group) is 1. The van der Waals surface area contributed by atoms with E-state index in [-0.39, 0.29) is 18.2 Å². The van der Waals surface area contributed by atoms with Gasteiger partial charge in [0, 0.05) is 25.9 Å². The maximum Gasteiger partial charge on any atom is 0.271 e. The Morgan fingerprint density at radius 3 is 2.85 bits per heavy atom. The highest BCUT2D eigenvalue weighted by Gasteiger charge is 2.26. The minimum atomic E-state index is -0.532. The molecule has 0 aromatic carbocycles. The largest absolute Gasteiger partial charge is 0.369 e. The average Bonchev–Trinajstić information content (AvgIpc) is 3.23. The SMILES string of the molecule is CN1CCn2nc(-c3nc(CC(N)=O)nn3-c3ccccn3)cc2C1=O. The van der Waals surface area contributed by atoms with Gasteiger partial charge in [-0.2, -0.15) is 9.78 Å². The quantitative estimate of drug-likeness (QED) is 0.683. The van der Waals surface area contributed by atoms with E-state index in [1.165, 1.54) is 4.68 Å². The van der Waals surface area contributed by atoms with Crippen molar-refractivity contribution in [2.45, 2.75) is 13.0 Å². The molecule has 0 fully saturated rings. The molecule has 1 aliphatic rings. The highest BCUT2D eigenvalue weighted by molar-refractivity contribution is 5.94. The van der Waals surface area contributed by atoms with E-state index < -0.39 is 5.91 Å². The van der Waals surface area contributed by atoms with Crippen LogP contribution >= 0.6 is 0 Å². The van der Waals surface area contributed by atoms with Crippen molar-refractivity contribution in [3.63, 3.8) is 0 Å². The van der Waals surface area contributed by atoms with Crippen LogP contribution in [0.15, 0.2) is 30.5 Å². The number of fused-ring (bicyclic) bond motifs is 1. The number of nitrogens with zero attached hydrogens (tertiary/aromatic N) is 7. The Morgan fingerprint density at radius 2 is 2.12 bits per heavy atom. The van der Waals surface area contributed by atoms with Gasteiger partial charge < -0.3 is 10.6 Å². The van der Waals surface area contributed by atoms with Gasteiger partial charge in [0.1, 0.15) is 11.4 Å². The summed E-state index contributed by atoms with van der Waals surface area (Å²) in [5.74, 6) is 0.567. The molecule has 26 heavy (non-hydrogen) atoms. The van der Waals surface area contributed by atoms with Gasteiger partial charge in [0.2, 0.25) is 5.91 Å². The van der Waals surface area contributed by atoms with Gasteiger partial charge in [-0.05, 0) is 12.1 Å². The van der Waals surface area contributed by atoms with E-state index in [1.54, 1.807) is 41.0 Å². The first kappa shape index (κ1) is 15.9. The molecule has 0 atom stereocenters. The van der Waals surface area contributed by atoms with Crippen LogP contribution in [0.3, 0.4) is 0 Å². The Bertz CT molecular complexity index is 991. The van der Waals surface area contributed by atoms with Crippen molar-refractivity contribution in [1.82, 2.24) is 34.4 Å². The Balaban J connectivity index is 1.83. The van der Waals surface area contributed by atoms with Crippen molar-refractivity contribution in [2.75, 3.05) is 13.6 Å². The Morgan fingerprint density at radius 1 is 1.27 bits per heavy atom. The molecule has 0 bridgehead atoms. The molecule has 0 spiro atoms. The first-order valence-electron chi connectivity index (χ1n) is 8.02. The molecule has 3 aromatic rings. The van der Waals surface area contributed by atoms with E-state index in [0.29, 0.717) is 36.1 Å². The number of nitrogens with two attached hydrogens (primary N) is 1. The Kier molecular flexibility index (Phi) is 3.72. The number of aromatic nitrogens is 6. The number of rotatable bonds is 4. The monoisotopic (exact) mass is 352 g/mol. The summed E-state index contributed by atoms with van der Waals surface area (Å²) >= 11 is 0. The van der Waals surface area contributed by atoms with E-state index in [4.69, 9.17) is 5.73 Å². The second-order valence-electron chi connectivity index (χ2n) is 5.96. The number of pyridine rings is 1. The van der Waals surface area contributed by atoms with Crippen LogP contribution in [0.1, 0.15) is 16.3 Å². The molecule has 132 valence electrons. The highest BCUT2D eigenvalue weighted by atomic mass is 16.2. The van der Waals surface area contributed by atoms with E-state index >= 15 is 0 Å². The van der Waals surface area contributed by atoms with E-state index in [2.05, 4.69) is 20.2 Å². The number of primary amides is 1. The third-order valence-electron chi connectivity index (χ3n) is 4.07. The zero-order valence-electron chi connectivity index (χ0n) is 14.0. The van der Waals surface area contributed by atoms with Crippen molar-refractivity contribution in [3.8, 4) is 17.3 Å². The number of carbonyl (C=O) groups excluding carboxylic acids is 2. The van der Waals surface area contributed by atoms with Crippen LogP contribution < -0.4 is 5.73 Å². The predicted octanol–water partition coefficient (Wildman–Crippen LogP) is -0.361. The first-order chi connectivity index (χ1) is 12.5. The van der Waals surface area contributed by atoms with Crippen LogP contribution in [0.4, 0.5) is 0 Å². The summed E-state index contributed by atoms with van der Waals surface area (Å²) < 4.78 is 3.16. The second-order valence-corrected chi connectivity index (χ2v) is 5.96. The minimum Gasteiger partial charge on any atom is -0.369 e. The van der Waals surface area contributed by atoms with Crippen LogP contribution in [0.25, 0.3) is 17.3 Å². The fourth-order valence-corrected chi connectivity index (χ4v) is 2.80. The van der Waals surface area contributed by atoms with Crippen LogP contribution in [-0.2, 0) is 17.8 Å². The van der Waals surface area contributed by atoms with Crippen molar-refractivity contribution >= 4 is 11.8 Å². The normalized spacial score (nSPS) is 13.7. The summed E-state index contributed by atoms with van der Waals surface area (Å²) in [7, 11) is 1.75. The number of carbonyl (C=O) groups is 2. The third-order valence-corrected chi connectivity index (χ3v) is 4.07. The first-order valence-corrected chi connectivity index (χ1v) is 8.02. The van der Waals surface area contributed by atoms with Gasteiger partial charge >= 0.3 is 0 Å². The predicted molar refractivity (Wildman–Crippen MR) is 90.2 cm³/mol. The summed E-state index contributed by atoms with van der Waals surface area (Å²) in [6, 6.07) is 7.04. The molecule has 2 amide bonds. The van der Waals surface area contributed by atoms with Crippen LogP contribution in [0.5, 0.6) is 0 Å². The summed E-state index contributed by atoms with van der Waals surface area (Å²) in [5, 5.41) is 8.82. The lowest BCUT2D eigenvalue weighted by atomic mass is 10.2. The van der Waals surface area contributed by atoms with Gasteiger partial charge in [-0.25, -0.2) is 9.97 Å². The van der Waals surface area contributed by atoms with Crippen molar-refractivity contribution in [1.29, 1.82) is 0 Å². The molecule has 1 aliphatic heterocycles. The molecule has 4 heterocycles. The van der Waals surface area contributed by atoms with E-state index in [1.807, 2.05) is 6.07 Å². The van der Waals surface area contributed by atoms with Gasteiger partial charge in [-0.15, -0.1) is 5.10 Å². The molecular weight excluding hydrogens is 336 g/mol. The molecule has 0 saturated heterocycles. The molecule has 3 aromatic heterocycles. The lowest BCUT2D eigenvalue weighted by Gasteiger charge is -2.22. The molecule has 10 nitrogen and oxygen atoms in total. The smallest absolute Gasteiger partial charge is 0.271 e. The van der Waals surface area contributed by atoms with Gasteiger partial charge in [-0.3, -0.25) is 14.3 Å². The standard InChI is InChI=1S/C16H16N8O2/c1-22-6-7-23-11(16(22)26)8-10(20-23)15-19-13(9-12(17)25)21-24(15)14-4-2-3-5-18-14/h2-5,8H,6-7,9H2,1H3,(H2,17,25). The number of hydrogen-bond acceptors (Lipinski definition) is 6. The van der Waals surface area contributed by atoms with E-state index in [9.17, 15) is 9.59 Å². The molecular formula is C16H16N8O2. The second kappa shape index (κ2) is 6.06. The fourth-order valence-electron chi connectivity index (χ4n) is 2.80. The van der Waals surface area contributed by atoms with Gasteiger partial charge in [0.05, 0.1) is 13.0 Å². The number of hydrogen-bond donors (Lipinski definition) is 1. The fraction of sp³-hybridized carbons (Fsp3) is 0.250. The topological polar surface area (TPSA) is 125 Å². The maximum atomic E-state index is 12.3. The molecule has 2 N–H and O–H groups in total. The molecule has 0 radical (unpaired) electrons. The summed E-state index contributed by atoms with van der Waals surface area (Å²) in [6.45, 7) is 1.19. The molecule has 0 unspecified atom stereocenters. The maximum absolute atomic E-state index is 12.3. The minimum absolute atomic E-state index is 0.0952. The van der Waals surface area contributed by atoms with Crippen molar-refractivity contribution in [3.05, 3.63) is 42.0 Å².